The third-order valence-electron chi connectivity index (χ3n) is 3.08. The Kier molecular flexibility index (Phi) is 4.87. The minimum atomic E-state index is -1.67. The normalized spacial score (nSPS) is 11.7. The third kappa shape index (κ3) is 3.83. The molecule has 3 aromatic rings. The number of benzene rings is 2. The van der Waals surface area contributed by atoms with Crippen LogP contribution in [0.25, 0.3) is 10.9 Å². The Morgan fingerprint density at radius 2 is 1.78 bits per heavy atom. The van der Waals surface area contributed by atoms with E-state index in [1.807, 2.05) is 48.5 Å². The molecule has 7 heteroatoms. The third-order valence-corrected chi connectivity index (χ3v) is 4.58. The van der Waals surface area contributed by atoms with Crippen molar-refractivity contribution in [3.63, 3.8) is 0 Å². The van der Waals surface area contributed by atoms with E-state index < -0.39 is 3.79 Å². The monoisotopic (exact) mass is 384 g/mol. The fraction of sp³-hybridized carbons (Fsp3) is 0.125. The fourth-order valence-corrected chi connectivity index (χ4v) is 3.24. The summed E-state index contributed by atoms with van der Waals surface area (Å²) in [5, 5.41) is 1.63. The predicted molar refractivity (Wildman–Crippen MR) is 95.9 cm³/mol. The van der Waals surface area contributed by atoms with Crippen molar-refractivity contribution in [3.05, 3.63) is 54.4 Å². The number of halogens is 3. The molecule has 0 unspecified atom stereocenters. The maximum absolute atomic E-state index is 5.96. The van der Waals surface area contributed by atoms with Crippen molar-refractivity contribution in [2.45, 2.75) is 13.7 Å². The summed E-state index contributed by atoms with van der Waals surface area (Å²) < 4.78 is 3.58. The van der Waals surface area contributed by atoms with Crippen LogP contribution in [0, 0.1) is 0 Å². The van der Waals surface area contributed by atoms with Gasteiger partial charge in [0.2, 0.25) is 3.79 Å². The van der Waals surface area contributed by atoms with Crippen molar-refractivity contribution in [1.82, 2.24) is 9.97 Å². The standard InChI is InChI=1S/C16H11Cl3N2OS/c1-22-10-5-4-6-11(9-10)23-14-12-7-2-3-8-13(12)20-15(21-14)16(17,18)19/h2-9H,1H3. The number of hydrogen-bond donors (Lipinski definition) is 0. The van der Waals surface area contributed by atoms with Crippen LogP contribution in [0.5, 0.6) is 5.75 Å². The highest BCUT2D eigenvalue weighted by atomic mass is 35.6. The molecule has 1 heterocycles. The van der Waals surface area contributed by atoms with E-state index >= 15 is 0 Å². The van der Waals surface area contributed by atoms with Gasteiger partial charge in [-0.3, -0.25) is 0 Å². The average Bonchev–Trinajstić information content (AvgIpc) is 2.54. The predicted octanol–water partition coefficient (Wildman–Crippen LogP) is 5.62. The zero-order valence-electron chi connectivity index (χ0n) is 12.0. The number of methoxy groups -OCH3 is 1. The number of alkyl halides is 3. The van der Waals surface area contributed by atoms with Gasteiger partial charge in [-0.1, -0.05) is 70.8 Å². The zero-order chi connectivity index (χ0) is 16.4. The maximum Gasteiger partial charge on any atom is 0.250 e. The minimum Gasteiger partial charge on any atom is -0.497 e. The van der Waals surface area contributed by atoms with Crippen LogP contribution in [0.1, 0.15) is 5.82 Å². The lowest BCUT2D eigenvalue weighted by molar-refractivity contribution is 0.413. The van der Waals surface area contributed by atoms with Crippen LogP contribution in [0.4, 0.5) is 0 Å². The SMILES string of the molecule is COc1cccc(Sc2nc(C(Cl)(Cl)Cl)nc3ccccc23)c1. The van der Waals surface area contributed by atoms with Crippen molar-refractivity contribution in [3.8, 4) is 5.75 Å². The highest BCUT2D eigenvalue weighted by Gasteiger charge is 2.28. The van der Waals surface area contributed by atoms with E-state index in [0.29, 0.717) is 0 Å². The van der Waals surface area contributed by atoms with Gasteiger partial charge < -0.3 is 4.74 Å². The van der Waals surface area contributed by atoms with Crippen LogP contribution < -0.4 is 4.74 Å². The Hall–Kier alpha value is -1.20. The molecule has 1 aromatic heterocycles. The molecule has 0 amide bonds. The molecule has 3 nitrogen and oxygen atoms in total. The number of fused-ring (bicyclic) bond motifs is 1. The summed E-state index contributed by atoms with van der Waals surface area (Å²) >= 11 is 19.3. The number of ether oxygens (including phenoxy) is 1. The first kappa shape index (κ1) is 16.7. The van der Waals surface area contributed by atoms with Gasteiger partial charge in [-0.25, -0.2) is 9.97 Å². The molecule has 0 fully saturated rings. The van der Waals surface area contributed by atoms with E-state index in [9.17, 15) is 0 Å². The average molecular weight is 386 g/mol. The molecule has 0 spiro atoms. The molecule has 0 atom stereocenters. The number of hydrogen-bond acceptors (Lipinski definition) is 4. The van der Waals surface area contributed by atoms with Crippen molar-refractivity contribution in [2.24, 2.45) is 0 Å². The molecular weight excluding hydrogens is 375 g/mol. The second-order valence-electron chi connectivity index (χ2n) is 4.65. The number of nitrogens with zero attached hydrogens (tertiary/aromatic N) is 2. The lowest BCUT2D eigenvalue weighted by Crippen LogP contribution is -2.08. The van der Waals surface area contributed by atoms with E-state index in [2.05, 4.69) is 9.97 Å². The molecule has 0 saturated heterocycles. The summed E-state index contributed by atoms with van der Waals surface area (Å²) in [6, 6.07) is 15.3. The van der Waals surface area contributed by atoms with E-state index in [1.165, 1.54) is 11.8 Å². The van der Waals surface area contributed by atoms with Gasteiger partial charge in [0.25, 0.3) is 0 Å². The lowest BCUT2D eigenvalue weighted by Gasteiger charge is -2.13. The molecule has 118 valence electrons. The molecule has 0 aliphatic heterocycles. The zero-order valence-corrected chi connectivity index (χ0v) is 15.0. The van der Waals surface area contributed by atoms with Crippen molar-refractivity contribution in [2.75, 3.05) is 7.11 Å². The maximum atomic E-state index is 5.96. The molecule has 0 saturated carbocycles. The quantitative estimate of drug-likeness (QED) is 0.433. The molecule has 0 aliphatic carbocycles. The van der Waals surface area contributed by atoms with Crippen LogP contribution in [0.3, 0.4) is 0 Å². The van der Waals surface area contributed by atoms with E-state index in [1.54, 1.807) is 7.11 Å². The smallest absolute Gasteiger partial charge is 0.250 e. The molecule has 0 N–H and O–H groups in total. The first-order valence-electron chi connectivity index (χ1n) is 6.63. The van der Waals surface area contributed by atoms with E-state index in [0.717, 1.165) is 26.6 Å². The van der Waals surface area contributed by atoms with Gasteiger partial charge >= 0.3 is 0 Å². The van der Waals surface area contributed by atoms with Gasteiger partial charge in [0.05, 0.1) is 12.6 Å². The van der Waals surface area contributed by atoms with Gasteiger partial charge in [-0.2, -0.15) is 0 Å². The molecular formula is C16H11Cl3N2OS. The molecule has 0 radical (unpaired) electrons. The van der Waals surface area contributed by atoms with E-state index in [-0.39, 0.29) is 5.82 Å². The lowest BCUT2D eigenvalue weighted by atomic mass is 10.2. The number of aromatic nitrogens is 2. The Balaban J connectivity index is 2.11. The van der Waals surface area contributed by atoms with Crippen LogP contribution in [0.2, 0.25) is 0 Å². The van der Waals surface area contributed by atoms with E-state index in [4.69, 9.17) is 39.5 Å². The first-order chi connectivity index (χ1) is 11.0. The molecule has 0 aliphatic rings. The van der Waals surface area contributed by atoms with Crippen LogP contribution >= 0.6 is 46.6 Å². The topological polar surface area (TPSA) is 35.0 Å². The highest BCUT2D eigenvalue weighted by Crippen LogP contribution is 2.39. The Labute approximate surface area is 152 Å². The summed E-state index contributed by atoms with van der Waals surface area (Å²) in [6.45, 7) is 0. The van der Waals surface area contributed by atoms with Gasteiger partial charge in [0, 0.05) is 10.3 Å². The Morgan fingerprint density at radius 3 is 2.52 bits per heavy atom. The number of rotatable bonds is 3. The second-order valence-corrected chi connectivity index (χ2v) is 7.99. The second kappa shape index (κ2) is 6.73. The molecule has 3 rings (SSSR count). The first-order valence-corrected chi connectivity index (χ1v) is 8.58. The summed E-state index contributed by atoms with van der Waals surface area (Å²) in [5.41, 5.74) is 0.731. The van der Waals surface area contributed by atoms with Crippen LogP contribution in [-0.2, 0) is 3.79 Å². The fourth-order valence-electron chi connectivity index (χ4n) is 2.03. The summed E-state index contributed by atoms with van der Waals surface area (Å²) in [4.78, 5) is 9.75. The molecule has 23 heavy (non-hydrogen) atoms. The number of para-hydroxylation sites is 1. The van der Waals surface area contributed by atoms with Crippen molar-refractivity contribution in [1.29, 1.82) is 0 Å². The van der Waals surface area contributed by atoms with Crippen molar-refractivity contribution < 1.29 is 4.74 Å². The molecule has 2 aromatic carbocycles. The minimum absolute atomic E-state index is 0.159. The van der Waals surface area contributed by atoms with Gasteiger partial charge in [0.1, 0.15) is 10.8 Å². The Bertz CT molecular complexity index is 852. The molecule has 0 bridgehead atoms. The van der Waals surface area contributed by atoms with Gasteiger partial charge in [-0.05, 0) is 24.3 Å². The van der Waals surface area contributed by atoms with Crippen molar-refractivity contribution >= 4 is 57.5 Å². The summed E-state index contributed by atoms with van der Waals surface area (Å²) in [7, 11) is 1.63. The Morgan fingerprint density at radius 1 is 1.00 bits per heavy atom. The van der Waals surface area contributed by atoms with Gasteiger partial charge in [0.15, 0.2) is 5.82 Å². The van der Waals surface area contributed by atoms with Crippen LogP contribution in [-0.4, -0.2) is 17.1 Å². The largest absolute Gasteiger partial charge is 0.497 e. The highest BCUT2D eigenvalue weighted by molar-refractivity contribution is 7.99. The van der Waals surface area contributed by atoms with Gasteiger partial charge in [-0.15, -0.1) is 0 Å². The summed E-state index contributed by atoms with van der Waals surface area (Å²) in [6.07, 6.45) is 0. The van der Waals surface area contributed by atoms with Crippen LogP contribution in [0.15, 0.2) is 58.5 Å². The summed E-state index contributed by atoms with van der Waals surface area (Å²) in [5.74, 6) is 0.932.